The van der Waals surface area contributed by atoms with Crippen molar-refractivity contribution in [2.45, 2.75) is 0 Å². The minimum Gasteiger partial charge on any atom is -0.456 e. The Hall–Kier alpha value is -8.18. The van der Waals surface area contributed by atoms with Gasteiger partial charge >= 0.3 is 0 Å². The fourth-order valence-corrected chi connectivity index (χ4v) is 11.6. The van der Waals surface area contributed by atoms with Crippen molar-refractivity contribution < 1.29 is 4.42 Å². The molecule has 0 saturated carbocycles. The van der Waals surface area contributed by atoms with E-state index in [1.807, 2.05) is 23.5 Å². The minimum absolute atomic E-state index is 0.910. The van der Waals surface area contributed by atoms with Crippen molar-refractivity contribution in [3.8, 4) is 44.8 Å². The highest BCUT2D eigenvalue weighted by Gasteiger charge is 2.20. The monoisotopic (exact) mass is 832 g/mol. The number of hydrogen-bond donors (Lipinski definition) is 0. The molecule has 0 aliphatic heterocycles. The van der Waals surface area contributed by atoms with Gasteiger partial charge in [0, 0.05) is 63.9 Å². The maximum Gasteiger partial charge on any atom is 0.135 e. The molecule has 4 aromatic heterocycles. The van der Waals surface area contributed by atoms with Crippen molar-refractivity contribution in [3.05, 3.63) is 218 Å². The summed E-state index contributed by atoms with van der Waals surface area (Å²) in [5.41, 5.74) is 16.1. The Bertz CT molecular complexity index is 4090. The fraction of sp³-hybridized carbons (Fsp3) is 0. The molecule has 64 heavy (non-hydrogen) atoms. The second kappa shape index (κ2) is 13.7. The molecule has 4 heteroatoms. The Kier molecular flexibility index (Phi) is 7.56. The van der Waals surface area contributed by atoms with Gasteiger partial charge in [-0.1, -0.05) is 133 Å². The Morgan fingerprint density at radius 2 is 0.844 bits per heavy atom. The predicted octanol–water partition coefficient (Wildman–Crippen LogP) is 17.1. The molecule has 4 heterocycles. The molecule has 0 amide bonds. The van der Waals surface area contributed by atoms with E-state index in [1.165, 1.54) is 97.2 Å². The fourth-order valence-electron chi connectivity index (χ4n) is 10.3. The average Bonchev–Trinajstić information content (AvgIpc) is 4.11. The maximum absolute atomic E-state index is 6.17. The smallest absolute Gasteiger partial charge is 0.135 e. The third kappa shape index (κ3) is 5.27. The molecule has 14 rings (SSSR count). The summed E-state index contributed by atoms with van der Waals surface area (Å²) in [4.78, 5) is 0. The number of furan rings is 1. The molecule has 0 radical (unpaired) electrons. The Morgan fingerprint density at radius 1 is 0.297 bits per heavy atom. The summed E-state index contributed by atoms with van der Waals surface area (Å²) in [7, 11) is 0. The number of benzene rings is 10. The van der Waals surface area contributed by atoms with Crippen LogP contribution in [-0.4, -0.2) is 9.13 Å². The van der Waals surface area contributed by atoms with Crippen molar-refractivity contribution in [2.24, 2.45) is 0 Å². The van der Waals surface area contributed by atoms with Gasteiger partial charge in [0.1, 0.15) is 11.2 Å². The van der Waals surface area contributed by atoms with Crippen LogP contribution in [0, 0.1) is 0 Å². The molecule has 0 aliphatic carbocycles. The van der Waals surface area contributed by atoms with Crippen LogP contribution in [0.5, 0.6) is 0 Å². The molecule has 0 N–H and O–H groups in total. The van der Waals surface area contributed by atoms with E-state index < -0.39 is 0 Å². The molecule has 298 valence electrons. The molecule has 0 bridgehead atoms. The van der Waals surface area contributed by atoms with E-state index in [1.54, 1.807) is 0 Å². The van der Waals surface area contributed by atoms with Crippen molar-refractivity contribution in [1.29, 1.82) is 0 Å². The van der Waals surface area contributed by atoms with Crippen LogP contribution < -0.4 is 0 Å². The lowest BCUT2D eigenvalue weighted by Gasteiger charge is -2.11. The molecule has 0 spiro atoms. The van der Waals surface area contributed by atoms with Crippen molar-refractivity contribution in [2.75, 3.05) is 0 Å². The van der Waals surface area contributed by atoms with Crippen LogP contribution >= 0.6 is 11.3 Å². The van der Waals surface area contributed by atoms with E-state index in [4.69, 9.17) is 4.42 Å². The number of fused-ring (bicyclic) bond motifs is 13. The summed E-state index contributed by atoms with van der Waals surface area (Å²) in [5.74, 6) is 0. The quantitative estimate of drug-likeness (QED) is 0.169. The van der Waals surface area contributed by atoms with Crippen LogP contribution in [0.1, 0.15) is 0 Å². The molecule has 0 atom stereocenters. The van der Waals surface area contributed by atoms with Gasteiger partial charge in [-0.3, -0.25) is 0 Å². The highest BCUT2D eigenvalue weighted by molar-refractivity contribution is 7.26. The first-order valence-electron chi connectivity index (χ1n) is 21.8. The molecule has 0 saturated heterocycles. The summed E-state index contributed by atoms with van der Waals surface area (Å²) in [6, 6.07) is 79.7. The van der Waals surface area contributed by atoms with E-state index >= 15 is 0 Å². The summed E-state index contributed by atoms with van der Waals surface area (Å²) >= 11 is 1.90. The van der Waals surface area contributed by atoms with Crippen LogP contribution in [0.4, 0.5) is 0 Å². The van der Waals surface area contributed by atoms with Crippen LogP contribution in [0.25, 0.3) is 130 Å². The third-order valence-electron chi connectivity index (χ3n) is 13.3. The predicted molar refractivity (Wildman–Crippen MR) is 272 cm³/mol. The van der Waals surface area contributed by atoms with Gasteiger partial charge in [0.05, 0.1) is 22.1 Å². The molecule has 0 fully saturated rings. The molecule has 14 aromatic rings. The Labute approximate surface area is 371 Å². The summed E-state index contributed by atoms with van der Waals surface area (Å²) in [6.45, 7) is 0. The third-order valence-corrected chi connectivity index (χ3v) is 14.5. The molecule has 0 unspecified atom stereocenters. The standard InChI is InChI=1S/C60H36N2OS/c1-3-12-37(13-4-1)40-22-27-53-48(33-40)49-34-41(38-14-5-2-6-15-38)23-28-54(49)61(53)44-25-31-58-51(36-44)46-26-29-55-59(60(46)64-58)47-19-7-9-20-52(47)62(55)43-17-11-16-39(32-43)42-24-30-57-50(35-42)45-18-8-10-21-56(45)63-57/h1-36H. The van der Waals surface area contributed by atoms with Crippen LogP contribution in [0.15, 0.2) is 223 Å². The number of hydrogen-bond acceptors (Lipinski definition) is 2. The lowest BCUT2D eigenvalue weighted by Crippen LogP contribution is -1.94. The van der Waals surface area contributed by atoms with Crippen molar-refractivity contribution in [3.63, 3.8) is 0 Å². The van der Waals surface area contributed by atoms with Crippen LogP contribution in [0.2, 0.25) is 0 Å². The number of rotatable bonds is 5. The first kappa shape index (κ1) is 35.4. The Balaban J connectivity index is 0.940. The normalized spacial score (nSPS) is 12.1. The van der Waals surface area contributed by atoms with Gasteiger partial charge in [-0.25, -0.2) is 0 Å². The van der Waals surface area contributed by atoms with Gasteiger partial charge in [-0.2, -0.15) is 0 Å². The molecule has 10 aromatic carbocycles. The van der Waals surface area contributed by atoms with E-state index in [0.717, 1.165) is 33.3 Å². The van der Waals surface area contributed by atoms with Crippen molar-refractivity contribution >= 4 is 97.1 Å². The first-order chi connectivity index (χ1) is 31.7. The largest absolute Gasteiger partial charge is 0.456 e. The Morgan fingerprint density at radius 3 is 1.61 bits per heavy atom. The van der Waals surface area contributed by atoms with Gasteiger partial charge in [0.25, 0.3) is 0 Å². The van der Waals surface area contributed by atoms with E-state index in [-0.39, 0.29) is 0 Å². The van der Waals surface area contributed by atoms with E-state index in [0.29, 0.717) is 0 Å². The highest BCUT2D eigenvalue weighted by Crippen LogP contribution is 2.45. The summed E-state index contributed by atoms with van der Waals surface area (Å²) < 4.78 is 13.7. The number of nitrogens with zero attached hydrogens (tertiary/aromatic N) is 2. The number of para-hydroxylation sites is 2. The second-order valence-electron chi connectivity index (χ2n) is 16.9. The molecular formula is C60H36N2OS. The van der Waals surface area contributed by atoms with Gasteiger partial charge in [0.2, 0.25) is 0 Å². The molecule has 3 nitrogen and oxygen atoms in total. The van der Waals surface area contributed by atoms with Gasteiger partial charge < -0.3 is 13.6 Å². The second-order valence-corrected chi connectivity index (χ2v) is 17.9. The first-order valence-corrected chi connectivity index (χ1v) is 22.6. The van der Waals surface area contributed by atoms with Gasteiger partial charge in [0.15, 0.2) is 0 Å². The lowest BCUT2D eigenvalue weighted by molar-refractivity contribution is 0.669. The number of thiophene rings is 1. The SMILES string of the molecule is c1ccc(-c2ccc3c(c2)c2cc(-c4ccccc4)ccc2n3-c2ccc3sc4c(ccc5c4c4ccccc4n5-c4cccc(-c5ccc6oc7ccccc7c6c5)c4)c3c2)cc1. The zero-order chi connectivity index (χ0) is 41.9. The lowest BCUT2D eigenvalue weighted by atomic mass is 10.0. The zero-order valence-corrected chi connectivity index (χ0v) is 35.3. The summed E-state index contributed by atoms with van der Waals surface area (Å²) in [5, 5.41) is 9.89. The van der Waals surface area contributed by atoms with E-state index in [2.05, 4.69) is 215 Å². The van der Waals surface area contributed by atoms with Crippen LogP contribution in [0.3, 0.4) is 0 Å². The zero-order valence-electron chi connectivity index (χ0n) is 34.5. The number of aromatic nitrogens is 2. The van der Waals surface area contributed by atoms with E-state index in [9.17, 15) is 0 Å². The molecular weight excluding hydrogens is 797 g/mol. The maximum atomic E-state index is 6.17. The molecule has 0 aliphatic rings. The van der Waals surface area contributed by atoms with Gasteiger partial charge in [-0.05, 0) is 118 Å². The van der Waals surface area contributed by atoms with Crippen molar-refractivity contribution in [1.82, 2.24) is 9.13 Å². The summed E-state index contributed by atoms with van der Waals surface area (Å²) in [6.07, 6.45) is 0. The average molecular weight is 833 g/mol. The highest BCUT2D eigenvalue weighted by atomic mass is 32.1. The van der Waals surface area contributed by atoms with Gasteiger partial charge in [-0.15, -0.1) is 11.3 Å². The topological polar surface area (TPSA) is 23.0 Å². The minimum atomic E-state index is 0.910. The van der Waals surface area contributed by atoms with Crippen LogP contribution in [-0.2, 0) is 0 Å².